The van der Waals surface area contributed by atoms with Gasteiger partial charge < -0.3 is 4.74 Å². The molecule has 0 aliphatic heterocycles. The molecule has 0 amide bonds. The summed E-state index contributed by atoms with van der Waals surface area (Å²) in [4.78, 5) is 7.39. The number of sulfonamides is 1. The smallest absolute Gasteiger partial charge is 0.243 e. The van der Waals surface area contributed by atoms with Gasteiger partial charge in [-0.15, -0.1) is 0 Å². The van der Waals surface area contributed by atoms with Gasteiger partial charge in [-0.25, -0.2) is 23.1 Å². The highest BCUT2D eigenvalue weighted by Crippen LogP contribution is 2.43. The largest absolute Gasteiger partial charge is 0.378 e. The second-order valence-corrected chi connectivity index (χ2v) is 7.41. The number of hydrogen-bond donors (Lipinski definition) is 1. The van der Waals surface area contributed by atoms with Gasteiger partial charge in [-0.3, -0.25) is 0 Å². The van der Waals surface area contributed by atoms with Crippen molar-refractivity contribution in [2.75, 3.05) is 6.61 Å². The summed E-state index contributed by atoms with van der Waals surface area (Å²) in [6, 6.07) is -0.167. The van der Waals surface area contributed by atoms with Crippen molar-refractivity contribution < 1.29 is 13.2 Å². The summed E-state index contributed by atoms with van der Waals surface area (Å²) in [5, 5.41) is 0.0179. The van der Waals surface area contributed by atoms with Crippen LogP contribution in [0.25, 0.3) is 0 Å². The number of halogens is 1. The summed E-state index contributed by atoms with van der Waals surface area (Å²) < 4.78 is 32.7. The lowest BCUT2D eigenvalue weighted by Gasteiger charge is -2.51. The molecule has 0 bridgehead atoms. The van der Waals surface area contributed by atoms with E-state index in [1.807, 2.05) is 20.8 Å². The Morgan fingerprint density at radius 1 is 1.45 bits per heavy atom. The Bertz CT molecular complexity index is 574. The fraction of sp³-hybridized carbons (Fsp3) is 0.667. The Morgan fingerprint density at radius 3 is 2.55 bits per heavy atom. The summed E-state index contributed by atoms with van der Waals surface area (Å²) in [5.41, 5.74) is -0.240. The van der Waals surface area contributed by atoms with E-state index in [0.717, 1.165) is 0 Å². The topological polar surface area (TPSA) is 81.2 Å². The molecule has 1 aliphatic carbocycles. The Labute approximate surface area is 124 Å². The highest BCUT2D eigenvalue weighted by molar-refractivity contribution is 7.89. The van der Waals surface area contributed by atoms with Crippen LogP contribution in [0, 0.1) is 5.41 Å². The van der Waals surface area contributed by atoms with E-state index in [-0.39, 0.29) is 27.7 Å². The lowest BCUT2D eigenvalue weighted by atomic mass is 9.65. The number of nitrogens with zero attached hydrogens (tertiary/aromatic N) is 2. The van der Waals surface area contributed by atoms with E-state index in [0.29, 0.717) is 13.0 Å². The van der Waals surface area contributed by atoms with Gasteiger partial charge in [-0.2, -0.15) is 0 Å². The Hall–Kier alpha value is -0.760. The van der Waals surface area contributed by atoms with Crippen LogP contribution in [-0.2, 0) is 14.8 Å². The second kappa shape index (κ2) is 5.55. The third kappa shape index (κ3) is 2.95. The molecule has 6 nitrogen and oxygen atoms in total. The van der Waals surface area contributed by atoms with Gasteiger partial charge in [-0.1, -0.05) is 13.8 Å². The van der Waals surface area contributed by atoms with Crippen LogP contribution in [0.5, 0.6) is 0 Å². The van der Waals surface area contributed by atoms with Gasteiger partial charge in [0, 0.05) is 18.1 Å². The molecule has 0 saturated heterocycles. The van der Waals surface area contributed by atoms with E-state index in [2.05, 4.69) is 14.7 Å². The first kappa shape index (κ1) is 15.6. The SMILES string of the molecule is CCOC1CC(NS(=O)(=O)c2cnc(Cl)nc2)C1(C)C. The fourth-order valence-corrected chi connectivity index (χ4v) is 3.66. The number of hydrogen-bond acceptors (Lipinski definition) is 5. The molecule has 0 radical (unpaired) electrons. The van der Waals surface area contributed by atoms with Crippen LogP contribution < -0.4 is 4.72 Å². The van der Waals surface area contributed by atoms with Crippen molar-refractivity contribution in [1.29, 1.82) is 0 Å². The van der Waals surface area contributed by atoms with Crippen LogP contribution in [0.2, 0.25) is 5.28 Å². The van der Waals surface area contributed by atoms with Gasteiger partial charge >= 0.3 is 0 Å². The molecular weight excluding hydrogens is 302 g/mol. The standard InChI is InChI=1S/C12H18ClN3O3S/c1-4-19-10-5-9(12(10,2)3)16-20(17,18)8-6-14-11(13)15-7-8/h6-7,9-10,16H,4-5H2,1-3H3. The lowest BCUT2D eigenvalue weighted by molar-refractivity contribution is -0.108. The van der Waals surface area contributed by atoms with E-state index in [4.69, 9.17) is 16.3 Å². The molecule has 2 rings (SSSR count). The van der Waals surface area contributed by atoms with Crippen LogP contribution in [0.4, 0.5) is 0 Å². The highest BCUT2D eigenvalue weighted by atomic mass is 35.5. The molecule has 1 aromatic rings. The van der Waals surface area contributed by atoms with Crippen molar-refractivity contribution in [1.82, 2.24) is 14.7 Å². The Kier molecular flexibility index (Phi) is 4.34. The van der Waals surface area contributed by atoms with Crippen molar-refractivity contribution in [3.05, 3.63) is 17.7 Å². The number of rotatable bonds is 5. The molecular formula is C12H18ClN3O3S. The predicted octanol–water partition coefficient (Wildman–Crippen LogP) is 1.61. The highest BCUT2D eigenvalue weighted by Gasteiger charge is 2.50. The zero-order valence-corrected chi connectivity index (χ0v) is 13.2. The van der Waals surface area contributed by atoms with E-state index in [1.165, 1.54) is 12.4 Å². The van der Waals surface area contributed by atoms with Crippen molar-refractivity contribution in [3.63, 3.8) is 0 Å². The molecule has 1 heterocycles. The van der Waals surface area contributed by atoms with Crippen molar-refractivity contribution >= 4 is 21.6 Å². The van der Waals surface area contributed by atoms with Crippen LogP contribution >= 0.6 is 11.6 Å². The van der Waals surface area contributed by atoms with Crippen molar-refractivity contribution in [3.8, 4) is 0 Å². The first-order chi connectivity index (χ1) is 9.27. The quantitative estimate of drug-likeness (QED) is 0.834. The molecule has 1 aromatic heterocycles. The molecule has 8 heteroatoms. The zero-order chi connectivity index (χ0) is 15.0. The Morgan fingerprint density at radius 2 is 2.05 bits per heavy atom. The van der Waals surface area contributed by atoms with E-state index < -0.39 is 10.0 Å². The summed E-state index contributed by atoms with van der Waals surface area (Å²) >= 11 is 5.55. The zero-order valence-electron chi connectivity index (χ0n) is 11.6. The van der Waals surface area contributed by atoms with Crippen LogP contribution in [-0.4, -0.2) is 37.1 Å². The number of nitrogens with one attached hydrogen (secondary N) is 1. The number of ether oxygens (including phenoxy) is 1. The summed E-state index contributed by atoms with van der Waals surface area (Å²) in [5.74, 6) is 0. The summed E-state index contributed by atoms with van der Waals surface area (Å²) in [6.45, 7) is 6.53. The molecule has 0 aromatic carbocycles. The molecule has 20 heavy (non-hydrogen) atoms. The normalized spacial score (nSPS) is 25.2. The predicted molar refractivity (Wildman–Crippen MR) is 75.0 cm³/mol. The first-order valence-corrected chi connectivity index (χ1v) is 8.25. The van der Waals surface area contributed by atoms with Gasteiger partial charge in [0.05, 0.1) is 18.5 Å². The third-order valence-electron chi connectivity index (χ3n) is 3.75. The second-order valence-electron chi connectivity index (χ2n) is 5.36. The monoisotopic (exact) mass is 319 g/mol. The number of aromatic nitrogens is 2. The summed E-state index contributed by atoms with van der Waals surface area (Å²) in [7, 11) is -3.64. The molecule has 112 valence electrons. The van der Waals surface area contributed by atoms with Gasteiger partial charge in [0.25, 0.3) is 0 Å². The van der Waals surface area contributed by atoms with Crippen LogP contribution in [0.1, 0.15) is 27.2 Å². The van der Waals surface area contributed by atoms with E-state index in [1.54, 1.807) is 0 Å². The van der Waals surface area contributed by atoms with Gasteiger partial charge in [0.2, 0.25) is 15.3 Å². The van der Waals surface area contributed by atoms with Crippen molar-refractivity contribution in [2.45, 2.75) is 44.2 Å². The molecule has 0 spiro atoms. The maximum Gasteiger partial charge on any atom is 0.243 e. The summed E-state index contributed by atoms with van der Waals surface area (Å²) in [6.07, 6.45) is 3.13. The average Bonchev–Trinajstić information content (AvgIpc) is 2.38. The maximum atomic E-state index is 12.2. The molecule has 1 saturated carbocycles. The third-order valence-corrected chi connectivity index (χ3v) is 5.37. The minimum atomic E-state index is -3.64. The Balaban J connectivity index is 2.09. The van der Waals surface area contributed by atoms with Gasteiger partial charge in [-0.05, 0) is 24.9 Å². The molecule has 2 atom stereocenters. The van der Waals surface area contributed by atoms with Crippen molar-refractivity contribution in [2.24, 2.45) is 5.41 Å². The molecule has 1 N–H and O–H groups in total. The first-order valence-electron chi connectivity index (χ1n) is 6.39. The fourth-order valence-electron chi connectivity index (χ4n) is 2.26. The van der Waals surface area contributed by atoms with Crippen LogP contribution in [0.15, 0.2) is 17.3 Å². The average molecular weight is 320 g/mol. The molecule has 1 fully saturated rings. The van der Waals surface area contributed by atoms with E-state index >= 15 is 0 Å². The van der Waals surface area contributed by atoms with E-state index in [9.17, 15) is 8.42 Å². The minimum Gasteiger partial charge on any atom is -0.378 e. The lowest BCUT2D eigenvalue weighted by Crippen LogP contribution is -2.61. The maximum absolute atomic E-state index is 12.2. The molecule has 2 unspecified atom stereocenters. The molecule has 1 aliphatic rings. The van der Waals surface area contributed by atoms with Gasteiger partial charge in [0.1, 0.15) is 4.90 Å². The minimum absolute atomic E-state index is 0.0116. The van der Waals surface area contributed by atoms with Crippen LogP contribution in [0.3, 0.4) is 0 Å². The van der Waals surface area contributed by atoms with Gasteiger partial charge in [0.15, 0.2) is 0 Å².